The number of aryl methyl sites for hydroxylation is 6. The van der Waals surface area contributed by atoms with Crippen molar-refractivity contribution in [2.45, 2.75) is 39.5 Å². The zero-order valence-corrected chi connectivity index (χ0v) is 20.2. The highest BCUT2D eigenvalue weighted by Crippen LogP contribution is 2.33. The number of pyridine rings is 1. The second-order valence-electron chi connectivity index (χ2n) is 8.25. The molecule has 0 N–H and O–H groups in total. The molecule has 0 amide bonds. The Bertz CT molecular complexity index is 1520. The number of rotatable bonds is 5. The maximum Gasteiger partial charge on any atom is 0.340 e. The fraction of sp³-hybridized carbons (Fsp3) is 0.240. The van der Waals surface area contributed by atoms with Crippen LogP contribution in [0.25, 0.3) is 10.8 Å². The molecule has 0 saturated carbocycles. The van der Waals surface area contributed by atoms with Crippen LogP contribution in [0.2, 0.25) is 0 Å². The van der Waals surface area contributed by atoms with Crippen LogP contribution < -0.4 is 4.18 Å². The second-order valence-corrected chi connectivity index (χ2v) is 9.80. The molecule has 2 aromatic carbocycles. The largest absolute Gasteiger partial charge is 0.358 e. The van der Waals surface area contributed by atoms with Gasteiger partial charge < -0.3 is 4.18 Å². The van der Waals surface area contributed by atoms with Gasteiger partial charge in [-0.25, -0.2) is 4.68 Å². The van der Waals surface area contributed by atoms with Gasteiger partial charge >= 0.3 is 10.1 Å². The average Bonchev–Trinajstić information content (AvgIpc) is 3.11. The topological polar surface area (TPSA) is 91.2 Å². The van der Waals surface area contributed by atoms with Gasteiger partial charge in [-0.3, -0.25) is 9.78 Å². The molecule has 170 valence electrons. The van der Waals surface area contributed by atoms with E-state index in [1.165, 1.54) is 30.1 Å². The molecule has 4 aromatic rings. The molecular formula is C25H25N3O4S. The maximum absolute atomic E-state index is 13.7. The summed E-state index contributed by atoms with van der Waals surface area (Å²) in [7, 11) is -2.62. The third-order valence-corrected chi connectivity index (χ3v) is 7.13. The number of hydrogen-bond donors (Lipinski definition) is 0. The Morgan fingerprint density at radius 1 is 0.879 bits per heavy atom. The van der Waals surface area contributed by atoms with Crippen molar-refractivity contribution in [2.24, 2.45) is 7.05 Å². The van der Waals surface area contributed by atoms with Crippen molar-refractivity contribution >= 4 is 26.7 Å². The van der Waals surface area contributed by atoms with Gasteiger partial charge in [0, 0.05) is 29.4 Å². The predicted molar refractivity (Wildman–Crippen MR) is 126 cm³/mol. The third kappa shape index (κ3) is 3.91. The molecule has 2 heterocycles. The SMILES string of the molecule is Cc1ccc(S(=O)(=O)Oc2c(C(=O)c3ccc(C)c4c(C)nc(C)c(C)c34)cnn2C)cc1. The molecule has 0 atom stereocenters. The fourth-order valence-corrected chi connectivity index (χ4v) is 4.98. The summed E-state index contributed by atoms with van der Waals surface area (Å²) in [5.41, 5.74) is 5.04. The molecular weight excluding hydrogens is 438 g/mol. The summed E-state index contributed by atoms with van der Waals surface area (Å²) in [4.78, 5) is 18.3. The summed E-state index contributed by atoms with van der Waals surface area (Å²) in [6, 6.07) is 9.95. The van der Waals surface area contributed by atoms with Gasteiger partial charge in [0.15, 0.2) is 0 Å². The highest BCUT2D eigenvalue weighted by atomic mass is 32.2. The van der Waals surface area contributed by atoms with Gasteiger partial charge in [-0.15, -0.1) is 0 Å². The van der Waals surface area contributed by atoms with Gasteiger partial charge in [-0.1, -0.05) is 29.8 Å². The first-order valence-electron chi connectivity index (χ1n) is 10.5. The summed E-state index contributed by atoms with van der Waals surface area (Å²) in [5.74, 6) is -0.496. The van der Waals surface area contributed by atoms with E-state index < -0.39 is 10.1 Å². The molecule has 4 rings (SSSR count). The van der Waals surface area contributed by atoms with E-state index in [-0.39, 0.29) is 22.1 Å². The summed E-state index contributed by atoms with van der Waals surface area (Å²) in [6.45, 7) is 9.60. The third-order valence-electron chi connectivity index (χ3n) is 5.90. The number of hydrogen-bond acceptors (Lipinski definition) is 6. The van der Waals surface area contributed by atoms with Crippen LogP contribution in [0, 0.1) is 34.6 Å². The van der Waals surface area contributed by atoms with E-state index >= 15 is 0 Å². The first-order chi connectivity index (χ1) is 15.5. The smallest absolute Gasteiger partial charge is 0.340 e. The minimum absolute atomic E-state index is 0.00153. The number of fused-ring (bicyclic) bond motifs is 1. The van der Waals surface area contributed by atoms with E-state index in [1.54, 1.807) is 18.2 Å². The predicted octanol–water partition coefficient (Wildman–Crippen LogP) is 4.51. The zero-order valence-electron chi connectivity index (χ0n) is 19.4. The minimum Gasteiger partial charge on any atom is -0.358 e. The number of benzene rings is 2. The lowest BCUT2D eigenvalue weighted by molar-refractivity contribution is 0.103. The lowest BCUT2D eigenvalue weighted by Gasteiger charge is -2.15. The van der Waals surface area contributed by atoms with Gasteiger partial charge in [0.2, 0.25) is 11.7 Å². The maximum atomic E-state index is 13.7. The van der Waals surface area contributed by atoms with E-state index in [2.05, 4.69) is 10.1 Å². The Labute approximate surface area is 193 Å². The van der Waals surface area contributed by atoms with Gasteiger partial charge in [0.05, 0.1) is 6.20 Å². The summed E-state index contributed by atoms with van der Waals surface area (Å²) >= 11 is 0. The summed E-state index contributed by atoms with van der Waals surface area (Å²) in [5, 5.41) is 5.83. The number of aromatic nitrogens is 3. The van der Waals surface area contributed by atoms with E-state index in [4.69, 9.17) is 4.18 Å². The molecule has 0 fully saturated rings. The van der Waals surface area contributed by atoms with Gasteiger partial charge in [-0.2, -0.15) is 13.5 Å². The van der Waals surface area contributed by atoms with Gasteiger partial charge in [0.25, 0.3) is 0 Å². The number of carbonyl (C=O) groups is 1. The lowest BCUT2D eigenvalue weighted by atomic mass is 9.91. The number of ketones is 1. The monoisotopic (exact) mass is 463 g/mol. The molecule has 0 bridgehead atoms. The highest BCUT2D eigenvalue weighted by Gasteiger charge is 2.27. The van der Waals surface area contributed by atoms with Crippen molar-refractivity contribution in [3.05, 3.63) is 81.8 Å². The molecule has 2 aromatic heterocycles. The van der Waals surface area contributed by atoms with Gasteiger partial charge in [-0.05, 0) is 63.3 Å². The molecule has 0 aliphatic rings. The van der Waals surface area contributed by atoms with Crippen LogP contribution in [-0.4, -0.2) is 29.0 Å². The Balaban J connectivity index is 1.85. The van der Waals surface area contributed by atoms with Crippen molar-refractivity contribution in [3.8, 4) is 5.88 Å². The molecule has 0 unspecified atom stereocenters. The molecule has 0 aliphatic carbocycles. The fourth-order valence-electron chi connectivity index (χ4n) is 4.01. The van der Waals surface area contributed by atoms with Crippen LogP contribution in [0.15, 0.2) is 47.5 Å². The first-order valence-corrected chi connectivity index (χ1v) is 11.9. The number of carbonyl (C=O) groups excluding carboxylic acids is 1. The second kappa shape index (κ2) is 8.12. The van der Waals surface area contributed by atoms with Crippen molar-refractivity contribution in [3.63, 3.8) is 0 Å². The number of nitrogens with zero attached hydrogens (tertiary/aromatic N) is 3. The average molecular weight is 464 g/mol. The van der Waals surface area contributed by atoms with Crippen LogP contribution in [-0.2, 0) is 17.2 Å². The quantitative estimate of drug-likeness (QED) is 0.319. The molecule has 0 aliphatic heterocycles. The molecule has 8 heteroatoms. The molecule has 33 heavy (non-hydrogen) atoms. The Morgan fingerprint density at radius 3 is 2.21 bits per heavy atom. The van der Waals surface area contributed by atoms with E-state index in [1.807, 2.05) is 40.7 Å². The van der Waals surface area contributed by atoms with E-state index in [0.717, 1.165) is 38.9 Å². The Hall–Kier alpha value is -3.52. The molecule has 0 saturated heterocycles. The van der Waals surface area contributed by atoms with Crippen molar-refractivity contribution in [1.29, 1.82) is 0 Å². The van der Waals surface area contributed by atoms with E-state index in [0.29, 0.717) is 5.56 Å². The van der Waals surface area contributed by atoms with E-state index in [9.17, 15) is 13.2 Å². The summed E-state index contributed by atoms with van der Waals surface area (Å²) < 4.78 is 32.5. The minimum atomic E-state index is -4.15. The zero-order chi connectivity index (χ0) is 24.1. The van der Waals surface area contributed by atoms with Crippen molar-refractivity contribution in [2.75, 3.05) is 0 Å². The van der Waals surface area contributed by atoms with Crippen molar-refractivity contribution in [1.82, 2.24) is 14.8 Å². The van der Waals surface area contributed by atoms with Crippen LogP contribution in [0.4, 0.5) is 0 Å². The first kappa shape index (κ1) is 22.7. The highest BCUT2D eigenvalue weighted by molar-refractivity contribution is 7.87. The van der Waals surface area contributed by atoms with Crippen LogP contribution in [0.5, 0.6) is 5.88 Å². The molecule has 0 spiro atoms. The van der Waals surface area contributed by atoms with Crippen LogP contribution in [0.3, 0.4) is 0 Å². The normalized spacial score (nSPS) is 11.7. The Kier molecular flexibility index (Phi) is 5.57. The molecule has 7 nitrogen and oxygen atoms in total. The van der Waals surface area contributed by atoms with Crippen molar-refractivity contribution < 1.29 is 17.4 Å². The lowest BCUT2D eigenvalue weighted by Crippen LogP contribution is -2.15. The molecule has 0 radical (unpaired) electrons. The standard InChI is InChI=1S/C25H25N3O4S/c1-14-7-10-19(11-8-14)33(30,31)32-25-21(13-26-28(25)6)24(29)20-12-9-15(2)22-18(5)27-17(4)16(3)23(20)22/h7-13H,1-6H3. The summed E-state index contributed by atoms with van der Waals surface area (Å²) in [6.07, 6.45) is 1.34. The van der Waals surface area contributed by atoms with Crippen LogP contribution >= 0.6 is 0 Å². The van der Waals surface area contributed by atoms with Crippen LogP contribution in [0.1, 0.15) is 44.0 Å². The Morgan fingerprint density at radius 2 is 1.55 bits per heavy atom. The van der Waals surface area contributed by atoms with Gasteiger partial charge in [0.1, 0.15) is 10.5 Å².